The minimum Gasteiger partial charge on any atom is -0.251 e. The van der Waals surface area contributed by atoms with Gasteiger partial charge in [0.2, 0.25) is 5.16 Å². The zero-order valence-corrected chi connectivity index (χ0v) is 12.2. The van der Waals surface area contributed by atoms with Crippen LogP contribution in [0.5, 0.6) is 0 Å². The van der Waals surface area contributed by atoms with Crippen LogP contribution < -0.4 is 0 Å². The smallest absolute Gasteiger partial charge is 0.218 e. The second-order valence-electron chi connectivity index (χ2n) is 5.13. The second kappa shape index (κ2) is 4.70. The van der Waals surface area contributed by atoms with Crippen LogP contribution in [-0.4, -0.2) is 35.0 Å². The Morgan fingerprint density at radius 2 is 2.05 bits per heavy atom. The van der Waals surface area contributed by atoms with E-state index in [-0.39, 0.29) is 0 Å². The van der Waals surface area contributed by atoms with Crippen LogP contribution in [0.2, 0.25) is 0 Å². The van der Waals surface area contributed by atoms with Crippen LogP contribution >= 0.6 is 0 Å². The topological polar surface area (TPSA) is 73.0 Å². The Hall–Kier alpha value is -2.15. The Labute approximate surface area is 123 Å². The molecule has 0 spiro atoms. The normalized spacial score (nSPS) is 16.2. The predicted octanol–water partition coefficient (Wildman–Crippen LogP) is 1.80. The average Bonchev–Trinajstić information content (AvgIpc) is 3.26. The molecule has 3 heterocycles. The average molecular weight is 299 g/mol. The van der Waals surface area contributed by atoms with Gasteiger partial charge in [0, 0.05) is 24.2 Å². The molecular weight excluding hydrogens is 286 g/mol. The number of hydrogen-bond donors (Lipinski definition) is 0. The monoisotopic (exact) mass is 299 g/mol. The van der Waals surface area contributed by atoms with Crippen LogP contribution in [0.1, 0.15) is 24.3 Å². The van der Waals surface area contributed by atoms with Crippen molar-refractivity contribution < 1.29 is 4.21 Å². The van der Waals surface area contributed by atoms with Crippen molar-refractivity contribution in [2.24, 2.45) is 0 Å². The molecule has 1 saturated carbocycles. The third kappa shape index (κ3) is 2.23. The highest BCUT2D eigenvalue weighted by Gasteiger charge is 2.27. The summed E-state index contributed by atoms with van der Waals surface area (Å²) in [5.41, 5.74) is 3.51. The quantitative estimate of drug-likeness (QED) is 0.690. The van der Waals surface area contributed by atoms with Gasteiger partial charge in [-0.2, -0.15) is 5.10 Å². The van der Waals surface area contributed by atoms with E-state index in [2.05, 4.69) is 20.1 Å². The van der Waals surface area contributed by atoms with Crippen LogP contribution in [0, 0.1) is 0 Å². The Morgan fingerprint density at radius 3 is 2.81 bits per heavy atom. The van der Waals surface area contributed by atoms with Gasteiger partial charge >= 0.3 is 0 Å². The molecule has 0 bridgehead atoms. The van der Waals surface area contributed by atoms with Crippen LogP contribution in [0.3, 0.4) is 0 Å². The molecule has 7 heteroatoms. The van der Waals surface area contributed by atoms with Crippen molar-refractivity contribution in [2.45, 2.75) is 23.9 Å². The minimum absolute atomic E-state index is 0.324. The van der Waals surface area contributed by atoms with E-state index in [0.717, 1.165) is 11.3 Å². The lowest BCUT2D eigenvalue weighted by atomic mass is 10.2. The van der Waals surface area contributed by atoms with Crippen LogP contribution in [-0.2, 0) is 10.8 Å². The van der Waals surface area contributed by atoms with Crippen molar-refractivity contribution in [2.75, 3.05) is 6.26 Å². The standard InChI is InChI=1S/C14H13N5OS/c1-21(20)14-15-6-4-11(18-14)12-5-7-19-13(17-12)10(8-16-19)9-2-3-9/h4-9H,2-3H2,1H3. The van der Waals surface area contributed by atoms with Gasteiger partial charge in [0.1, 0.15) is 0 Å². The molecule has 0 amide bonds. The Morgan fingerprint density at radius 1 is 1.24 bits per heavy atom. The van der Waals surface area contributed by atoms with Crippen molar-refractivity contribution in [3.05, 3.63) is 36.3 Å². The molecule has 21 heavy (non-hydrogen) atoms. The predicted molar refractivity (Wildman–Crippen MR) is 78.3 cm³/mol. The van der Waals surface area contributed by atoms with E-state index in [1.165, 1.54) is 18.4 Å². The summed E-state index contributed by atoms with van der Waals surface area (Å²) in [6.07, 6.45) is 9.38. The highest BCUT2D eigenvalue weighted by Crippen LogP contribution is 2.41. The highest BCUT2D eigenvalue weighted by atomic mass is 32.2. The summed E-state index contributed by atoms with van der Waals surface area (Å²) in [4.78, 5) is 13.0. The summed E-state index contributed by atoms with van der Waals surface area (Å²) in [5, 5.41) is 4.66. The van der Waals surface area contributed by atoms with Crippen molar-refractivity contribution in [3.8, 4) is 11.4 Å². The molecule has 1 unspecified atom stereocenters. The van der Waals surface area contributed by atoms with Crippen molar-refractivity contribution in [1.29, 1.82) is 0 Å². The summed E-state index contributed by atoms with van der Waals surface area (Å²) in [7, 11) is -1.20. The third-order valence-corrected chi connectivity index (χ3v) is 4.28. The van der Waals surface area contributed by atoms with E-state index < -0.39 is 10.8 Å². The maximum Gasteiger partial charge on any atom is 0.218 e. The van der Waals surface area contributed by atoms with Crippen LogP contribution in [0.4, 0.5) is 0 Å². The third-order valence-electron chi connectivity index (χ3n) is 3.57. The Bertz CT molecular complexity index is 855. The van der Waals surface area contributed by atoms with E-state index >= 15 is 0 Å². The number of rotatable bonds is 3. The van der Waals surface area contributed by atoms with Gasteiger partial charge in [-0.3, -0.25) is 4.21 Å². The summed E-state index contributed by atoms with van der Waals surface area (Å²) in [6.45, 7) is 0. The Kier molecular flexibility index (Phi) is 2.81. The van der Waals surface area contributed by atoms with Gasteiger partial charge < -0.3 is 0 Å². The largest absolute Gasteiger partial charge is 0.251 e. The van der Waals surface area contributed by atoms with Crippen molar-refractivity contribution in [3.63, 3.8) is 0 Å². The van der Waals surface area contributed by atoms with Crippen LogP contribution in [0.25, 0.3) is 17.0 Å². The maximum atomic E-state index is 11.5. The van der Waals surface area contributed by atoms with Gasteiger partial charge in [0.05, 0.1) is 28.4 Å². The van der Waals surface area contributed by atoms with E-state index in [9.17, 15) is 4.21 Å². The van der Waals surface area contributed by atoms with E-state index in [4.69, 9.17) is 0 Å². The van der Waals surface area contributed by atoms with E-state index in [0.29, 0.717) is 16.8 Å². The van der Waals surface area contributed by atoms with Gasteiger partial charge in [-0.25, -0.2) is 19.5 Å². The second-order valence-corrected chi connectivity index (χ2v) is 6.41. The van der Waals surface area contributed by atoms with E-state index in [1.807, 2.05) is 18.5 Å². The molecule has 0 N–H and O–H groups in total. The highest BCUT2D eigenvalue weighted by molar-refractivity contribution is 7.84. The number of hydrogen-bond acceptors (Lipinski definition) is 5. The van der Waals surface area contributed by atoms with Gasteiger partial charge in [0.25, 0.3) is 0 Å². The first kappa shape index (κ1) is 12.6. The Balaban J connectivity index is 1.84. The first-order valence-corrected chi connectivity index (χ1v) is 8.29. The number of aromatic nitrogens is 5. The molecule has 0 saturated heterocycles. The van der Waals surface area contributed by atoms with E-state index in [1.54, 1.807) is 23.0 Å². The molecule has 0 radical (unpaired) electrons. The van der Waals surface area contributed by atoms with Gasteiger partial charge in [-0.1, -0.05) is 0 Å². The maximum absolute atomic E-state index is 11.5. The van der Waals surface area contributed by atoms with Gasteiger partial charge in [-0.15, -0.1) is 0 Å². The molecule has 1 aliphatic rings. The zero-order valence-electron chi connectivity index (χ0n) is 11.4. The number of fused-ring (bicyclic) bond motifs is 1. The molecule has 0 aromatic carbocycles. The molecule has 1 aliphatic carbocycles. The molecule has 0 aliphatic heterocycles. The first-order chi connectivity index (χ1) is 10.2. The zero-order chi connectivity index (χ0) is 14.4. The molecule has 4 rings (SSSR count). The lowest BCUT2D eigenvalue weighted by Crippen LogP contribution is -2.00. The van der Waals surface area contributed by atoms with Gasteiger partial charge in [0.15, 0.2) is 5.65 Å². The summed E-state index contributed by atoms with van der Waals surface area (Å²) in [6, 6.07) is 3.64. The van der Waals surface area contributed by atoms with Crippen molar-refractivity contribution >= 4 is 16.4 Å². The lowest BCUT2D eigenvalue weighted by Gasteiger charge is -2.03. The number of nitrogens with zero attached hydrogens (tertiary/aromatic N) is 5. The minimum atomic E-state index is -1.20. The van der Waals surface area contributed by atoms with Crippen molar-refractivity contribution in [1.82, 2.24) is 24.6 Å². The van der Waals surface area contributed by atoms with Crippen LogP contribution in [0.15, 0.2) is 35.9 Å². The summed E-state index contributed by atoms with van der Waals surface area (Å²) in [5.74, 6) is 0.592. The SMILES string of the molecule is CS(=O)c1nccc(-c2ccn3ncc(C4CC4)c3n2)n1. The molecule has 1 fully saturated rings. The molecule has 1 atom stereocenters. The fourth-order valence-corrected chi connectivity index (χ4v) is 2.77. The lowest BCUT2D eigenvalue weighted by molar-refractivity contribution is 0.680. The molecule has 6 nitrogen and oxygen atoms in total. The first-order valence-electron chi connectivity index (χ1n) is 6.73. The molecular formula is C14H13N5OS. The molecule has 106 valence electrons. The molecule has 3 aromatic heterocycles. The fraction of sp³-hybridized carbons (Fsp3) is 0.286. The summed E-state index contributed by atoms with van der Waals surface area (Å²) < 4.78 is 13.3. The molecule has 3 aromatic rings. The fourth-order valence-electron chi connectivity index (χ4n) is 2.33. The van der Waals surface area contributed by atoms with Gasteiger partial charge in [-0.05, 0) is 30.9 Å². The summed E-state index contributed by atoms with van der Waals surface area (Å²) >= 11 is 0.